The fourth-order valence-electron chi connectivity index (χ4n) is 2.10. The van der Waals surface area contributed by atoms with E-state index in [0.29, 0.717) is 6.42 Å². The van der Waals surface area contributed by atoms with Gasteiger partial charge in [0, 0.05) is 0 Å². The van der Waals surface area contributed by atoms with E-state index in [2.05, 4.69) is 10.3 Å². The first-order valence-electron chi connectivity index (χ1n) is 5.58. The van der Waals surface area contributed by atoms with Crippen molar-refractivity contribution in [2.75, 3.05) is 16.8 Å². The minimum atomic E-state index is -3.13. The molecule has 0 radical (unpaired) electrons. The van der Waals surface area contributed by atoms with Crippen molar-refractivity contribution in [3.63, 3.8) is 0 Å². The molecule has 1 aromatic rings. The van der Waals surface area contributed by atoms with E-state index < -0.39 is 27.2 Å². The van der Waals surface area contributed by atoms with Gasteiger partial charge in [-0.2, -0.15) is 0 Å². The molecule has 0 spiro atoms. The van der Waals surface area contributed by atoms with Crippen LogP contribution in [0, 0.1) is 5.82 Å². The van der Waals surface area contributed by atoms with Crippen LogP contribution in [0.2, 0.25) is 0 Å². The second-order valence-electron chi connectivity index (χ2n) is 4.88. The van der Waals surface area contributed by atoms with Crippen molar-refractivity contribution in [3.05, 3.63) is 23.6 Å². The van der Waals surface area contributed by atoms with E-state index in [1.165, 1.54) is 0 Å². The van der Waals surface area contributed by atoms with Gasteiger partial charge in [-0.3, -0.25) is 0 Å². The van der Waals surface area contributed by atoms with Crippen molar-refractivity contribution in [1.29, 1.82) is 0 Å². The summed E-state index contributed by atoms with van der Waals surface area (Å²) < 4.78 is 35.9. The molecule has 8 heteroatoms. The minimum absolute atomic E-state index is 0.0199. The van der Waals surface area contributed by atoms with Gasteiger partial charge in [-0.1, -0.05) is 0 Å². The quantitative estimate of drug-likeness (QED) is 0.858. The molecule has 0 aliphatic carbocycles. The molecule has 6 nitrogen and oxygen atoms in total. The topological polar surface area (TPSA) is 96.4 Å². The second kappa shape index (κ2) is 4.44. The average molecular weight is 288 g/mol. The average Bonchev–Trinajstić information content (AvgIpc) is 2.55. The molecule has 0 saturated carbocycles. The van der Waals surface area contributed by atoms with Crippen molar-refractivity contribution < 1.29 is 22.7 Å². The maximum atomic E-state index is 13.0. The third-order valence-corrected chi connectivity index (χ3v) is 4.91. The molecule has 0 amide bonds. The van der Waals surface area contributed by atoms with Gasteiger partial charge in [0.25, 0.3) is 0 Å². The highest BCUT2D eigenvalue weighted by Gasteiger charge is 2.39. The van der Waals surface area contributed by atoms with Gasteiger partial charge >= 0.3 is 5.97 Å². The van der Waals surface area contributed by atoms with Gasteiger partial charge in [0.15, 0.2) is 9.84 Å². The highest BCUT2D eigenvalue weighted by molar-refractivity contribution is 7.91. The van der Waals surface area contributed by atoms with Gasteiger partial charge in [-0.15, -0.1) is 0 Å². The lowest BCUT2D eigenvalue weighted by atomic mass is 10.0. The van der Waals surface area contributed by atoms with Crippen LogP contribution in [0.25, 0.3) is 0 Å². The predicted octanol–water partition coefficient (Wildman–Crippen LogP) is 0.908. The molecule has 1 saturated heterocycles. The number of aromatic carboxylic acids is 1. The number of sulfone groups is 1. The number of anilines is 1. The summed E-state index contributed by atoms with van der Waals surface area (Å²) in [6.45, 7) is 1.67. The van der Waals surface area contributed by atoms with Crippen LogP contribution in [-0.4, -0.2) is 41.5 Å². The summed E-state index contributed by atoms with van der Waals surface area (Å²) in [7, 11) is -3.13. The number of carboxylic acids is 1. The Balaban J connectivity index is 2.32. The number of rotatable bonds is 3. The summed E-state index contributed by atoms with van der Waals surface area (Å²) in [5.74, 6) is -2.15. The molecule has 104 valence electrons. The monoisotopic (exact) mass is 288 g/mol. The van der Waals surface area contributed by atoms with Crippen molar-refractivity contribution in [2.45, 2.75) is 18.9 Å². The fourth-order valence-corrected chi connectivity index (χ4v) is 4.19. The molecule has 2 rings (SSSR count). The molecule has 1 unspecified atom stereocenters. The first kappa shape index (κ1) is 13.7. The number of aromatic nitrogens is 1. The van der Waals surface area contributed by atoms with Crippen molar-refractivity contribution >= 4 is 21.6 Å². The summed E-state index contributed by atoms with van der Waals surface area (Å²) in [6, 6.07) is 0.852. The van der Waals surface area contributed by atoms with E-state index >= 15 is 0 Å². The largest absolute Gasteiger partial charge is 0.478 e. The van der Waals surface area contributed by atoms with E-state index in [0.717, 1.165) is 12.3 Å². The smallest absolute Gasteiger partial charge is 0.339 e. The Morgan fingerprint density at radius 2 is 2.26 bits per heavy atom. The van der Waals surface area contributed by atoms with E-state index in [-0.39, 0.29) is 22.9 Å². The number of carbonyl (C=O) groups is 1. The summed E-state index contributed by atoms with van der Waals surface area (Å²) in [5, 5.41) is 11.8. The number of nitrogens with one attached hydrogen (secondary N) is 1. The summed E-state index contributed by atoms with van der Waals surface area (Å²) in [5.41, 5.74) is -1.10. The molecule has 2 N–H and O–H groups in total. The van der Waals surface area contributed by atoms with E-state index in [1.54, 1.807) is 6.92 Å². The van der Waals surface area contributed by atoms with Crippen LogP contribution in [0.1, 0.15) is 23.7 Å². The van der Waals surface area contributed by atoms with Gasteiger partial charge in [0.05, 0.1) is 23.2 Å². The zero-order chi connectivity index (χ0) is 14.3. The number of hydrogen-bond donors (Lipinski definition) is 2. The number of halogens is 1. The van der Waals surface area contributed by atoms with Crippen molar-refractivity contribution in [2.24, 2.45) is 0 Å². The Morgan fingerprint density at radius 3 is 2.79 bits per heavy atom. The molecular weight excluding hydrogens is 275 g/mol. The Kier molecular flexibility index (Phi) is 3.21. The highest BCUT2D eigenvalue weighted by atomic mass is 32.2. The lowest BCUT2D eigenvalue weighted by Gasteiger charge is -2.25. The molecule has 0 bridgehead atoms. The van der Waals surface area contributed by atoms with E-state index in [1.807, 2.05) is 0 Å². The van der Waals surface area contributed by atoms with Crippen molar-refractivity contribution in [3.8, 4) is 0 Å². The first-order valence-corrected chi connectivity index (χ1v) is 7.40. The normalized spacial score (nSPS) is 25.2. The van der Waals surface area contributed by atoms with Crippen LogP contribution >= 0.6 is 0 Å². The fraction of sp³-hybridized carbons (Fsp3) is 0.455. The van der Waals surface area contributed by atoms with Crippen LogP contribution in [0.3, 0.4) is 0 Å². The van der Waals surface area contributed by atoms with Crippen LogP contribution < -0.4 is 5.32 Å². The first-order chi connectivity index (χ1) is 8.71. The zero-order valence-corrected chi connectivity index (χ0v) is 11.0. The molecule has 1 fully saturated rings. The number of hydrogen-bond acceptors (Lipinski definition) is 5. The molecule has 1 aliphatic heterocycles. The number of pyridine rings is 1. The molecule has 19 heavy (non-hydrogen) atoms. The predicted molar refractivity (Wildman–Crippen MR) is 66.5 cm³/mol. The van der Waals surface area contributed by atoms with Gasteiger partial charge < -0.3 is 10.4 Å². The Labute approximate surface area is 109 Å². The Hall–Kier alpha value is -1.70. The lowest BCUT2D eigenvalue weighted by molar-refractivity contribution is 0.0697. The molecule has 0 aromatic carbocycles. The zero-order valence-electron chi connectivity index (χ0n) is 10.2. The minimum Gasteiger partial charge on any atom is -0.478 e. The molecule has 1 aromatic heterocycles. The number of carboxylic acid groups (broad SMARTS) is 1. The molecule has 1 aliphatic rings. The summed E-state index contributed by atoms with van der Waals surface area (Å²) in [4.78, 5) is 14.7. The number of nitrogens with zero attached hydrogens (tertiary/aromatic N) is 1. The van der Waals surface area contributed by atoms with Crippen LogP contribution in [-0.2, 0) is 9.84 Å². The van der Waals surface area contributed by atoms with E-state index in [4.69, 9.17) is 5.11 Å². The van der Waals surface area contributed by atoms with Crippen LogP contribution in [0.15, 0.2) is 12.3 Å². The van der Waals surface area contributed by atoms with E-state index in [9.17, 15) is 17.6 Å². The standard InChI is InChI=1S/C11H13FN2O4S/c1-11(2-3-19(17,18)6-11)14-9-8(10(15)16)4-7(12)5-13-9/h4-5H,2-3,6H2,1H3,(H,13,14)(H,15,16). The van der Waals surface area contributed by atoms with Crippen molar-refractivity contribution in [1.82, 2.24) is 4.98 Å². The van der Waals surface area contributed by atoms with Gasteiger partial charge in [0.2, 0.25) is 0 Å². The molecule has 1 atom stereocenters. The summed E-state index contributed by atoms with van der Waals surface area (Å²) >= 11 is 0. The molecule has 2 heterocycles. The van der Waals surface area contributed by atoms with Crippen LogP contribution in [0.5, 0.6) is 0 Å². The van der Waals surface area contributed by atoms with Gasteiger partial charge in [-0.25, -0.2) is 22.6 Å². The third-order valence-electron chi connectivity index (χ3n) is 3.01. The van der Waals surface area contributed by atoms with Gasteiger partial charge in [0.1, 0.15) is 17.2 Å². The van der Waals surface area contributed by atoms with Gasteiger partial charge in [-0.05, 0) is 19.4 Å². The second-order valence-corrected chi connectivity index (χ2v) is 7.07. The molecular formula is C11H13FN2O4S. The Morgan fingerprint density at radius 1 is 1.58 bits per heavy atom. The lowest BCUT2D eigenvalue weighted by Crippen LogP contribution is -2.37. The summed E-state index contributed by atoms with van der Waals surface area (Å²) in [6.07, 6.45) is 1.25. The maximum absolute atomic E-state index is 13.0. The maximum Gasteiger partial charge on any atom is 0.339 e. The van der Waals surface area contributed by atoms with Crippen LogP contribution in [0.4, 0.5) is 10.2 Å². The SMILES string of the molecule is CC1(Nc2ncc(F)cc2C(=O)O)CCS(=O)(=O)C1. The Bertz CT molecular complexity index is 632. The third kappa shape index (κ3) is 3.01. The highest BCUT2D eigenvalue weighted by Crippen LogP contribution is 2.28.